The van der Waals surface area contributed by atoms with Crippen molar-refractivity contribution in [1.29, 1.82) is 0 Å². The Bertz CT molecular complexity index is 302. The van der Waals surface area contributed by atoms with Crippen molar-refractivity contribution in [2.45, 2.75) is 31.1 Å². The topological polar surface area (TPSA) is 57.2 Å². The Morgan fingerprint density at radius 2 is 1.41 bits per heavy atom. The normalized spacial score (nSPS) is 18.9. The van der Waals surface area contributed by atoms with E-state index in [0.717, 1.165) is 0 Å². The molecule has 3 nitrogen and oxygen atoms in total. The van der Waals surface area contributed by atoms with Crippen LogP contribution in [0.1, 0.15) is 6.42 Å². The van der Waals surface area contributed by atoms with Crippen LogP contribution in [0.4, 0.5) is 22.0 Å². The summed E-state index contributed by atoms with van der Waals surface area (Å²) in [6.45, 7) is -1.26. The standard InChI is InChI=1S/C7H11F5O3S.Li/c8-2-1-4(9)6(11)7(12)5(10)3-16(13,14)15;/h4-7H,1-3H2,(H,13,14,15);/q;+1/p-1. The molecule has 0 aromatic heterocycles. The third-order valence-electron chi connectivity index (χ3n) is 1.74. The van der Waals surface area contributed by atoms with Gasteiger partial charge in [-0.25, -0.2) is 26.0 Å². The summed E-state index contributed by atoms with van der Waals surface area (Å²) >= 11 is 0. The molecular formula is C7H10F5LiO3S. The summed E-state index contributed by atoms with van der Waals surface area (Å²) in [6.07, 6.45) is -12.6. The van der Waals surface area contributed by atoms with E-state index in [2.05, 4.69) is 0 Å². The first-order chi connectivity index (χ1) is 7.19. The molecule has 0 aromatic carbocycles. The van der Waals surface area contributed by atoms with Crippen LogP contribution in [0.15, 0.2) is 0 Å². The summed E-state index contributed by atoms with van der Waals surface area (Å²) in [5.74, 6) is -1.78. The predicted molar refractivity (Wildman–Crippen MR) is 44.7 cm³/mol. The molecule has 0 N–H and O–H groups in total. The first kappa shape index (κ1) is 19.5. The van der Waals surface area contributed by atoms with Gasteiger partial charge in [-0.1, -0.05) is 0 Å². The van der Waals surface area contributed by atoms with Crippen molar-refractivity contribution >= 4 is 10.1 Å². The fraction of sp³-hybridized carbons (Fsp3) is 1.00. The van der Waals surface area contributed by atoms with Crippen molar-refractivity contribution in [3.05, 3.63) is 0 Å². The maximum Gasteiger partial charge on any atom is 1.00 e. The molecule has 0 aliphatic rings. The fourth-order valence-corrected chi connectivity index (χ4v) is 1.52. The van der Waals surface area contributed by atoms with Crippen LogP contribution in [0.2, 0.25) is 0 Å². The fourth-order valence-electron chi connectivity index (χ4n) is 0.949. The van der Waals surface area contributed by atoms with Gasteiger partial charge in [0.1, 0.15) is 12.3 Å². The first-order valence-corrected chi connectivity index (χ1v) is 5.82. The molecule has 10 heteroatoms. The van der Waals surface area contributed by atoms with Gasteiger partial charge in [0.25, 0.3) is 0 Å². The van der Waals surface area contributed by atoms with Crippen molar-refractivity contribution < 1.29 is 53.8 Å². The van der Waals surface area contributed by atoms with E-state index in [-0.39, 0.29) is 18.9 Å². The monoisotopic (exact) mass is 276 g/mol. The molecule has 98 valence electrons. The quantitative estimate of drug-likeness (QED) is 0.315. The van der Waals surface area contributed by atoms with E-state index in [1.807, 2.05) is 0 Å². The summed E-state index contributed by atoms with van der Waals surface area (Å²) in [4.78, 5) is 0. The van der Waals surface area contributed by atoms with Crippen molar-refractivity contribution in [2.75, 3.05) is 12.4 Å². The van der Waals surface area contributed by atoms with E-state index in [0.29, 0.717) is 0 Å². The number of hydrogen-bond acceptors (Lipinski definition) is 3. The molecule has 17 heavy (non-hydrogen) atoms. The number of halogens is 5. The third kappa shape index (κ3) is 7.97. The van der Waals surface area contributed by atoms with Gasteiger partial charge in [-0.2, -0.15) is 0 Å². The molecule has 4 atom stereocenters. The summed E-state index contributed by atoms with van der Waals surface area (Å²) < 4.78 is 92.5. The maximum atomic E-state index is 12.8. The Kier molecular flexibility index (Phi) is 9.51. The first-order valence-electron chi connectivity index (χ1n) is 4.25. The van der Waals surface area contributed by atoms with Crippen LogP contribution >= 0.6 is 0 Å². The van der Waals surface area contributed by atoms with Crippen LogP contribution in [0.5, 0.6) is 0 Å². The van der Waals surface area contributed by atoms with Gasteiger partial charge in [0, 0.05) is 6.42 Å². The molecule has 0 aromatic rings. The summed E-state index contributed by atoms with van der Waals surface area (Å²) in [5.41, 5.74) is 0. The van der Waals surface area contributed by atoms with Crippen molar-refractivity contribution in [1.82, 2.24) is 0 Å². The second-order valence-corrected chi connectivity index (χ2v) is 4.57. The van der Waals surface area contributed by atoms with Crippen molar-refractivity contribution in [2.24, 2.45) is 0 Å². The smallest absolute Gasteiger partial charge is 0.748 e. The Hall–Kier alpha value is 0.157. The van der Waals surface area contributed by atoms with E-state index >= 15 is 0 Å². The molecule has 0 bridgehead atoms. The molecule has 0 radical (unpaired) electrons. The third-order valence-corrected chi connectivity index (χ3v) is 2.47. The van der Waals surface area contributed by atoms with Gasteiger partial charge in [0.15, 0.2) is 12.3 Å². The van der Waals surface area contributed by atoms with E-state index < -0.39 is 53.7 Å². The van der Waals surface area contributed by atoms with Crippen molar-refractivity contribution in [3.63, 3.8) is 0 Å². The van der Waals surface area contributed by atoms with E-state index in [1.165, 1.54) is 0 Å². The zero-order chi connectivity index (χ0) is 12.9. The zero-order valence-corrected chi connectivity index (χ0v) is 9.77. The van der Waals surface area contributed by atoms with Gasteiger partial charge in [-0.3, -0.25) is 4.39 Å². The van der Waals surface area contributed by atoms with Gasteiger partial charge < -0.3 is 4.55 Å². The molecular weight excluding hydrogens is 266 g/mol. The molecule has 0 aliphatic carbocycles. The zero-order valence-electron chi connectivity index (χ0n) is 8.95. The Balaban J connectivity index is 0. The van der Waals surface area contributed by atoms with E-state index in [1.54, 1.807) is 0 Å². The largest absolute Gasteiger partial charge is 1.00 e. The molecule has 4 unspecified atom stereocenters. The van der Waals surface area contributed by atoms with E-state index in [9.17, 15) is 34.9 Å². The number of hydrogen-bond donors (Lipinski definition) is 0. The van der Waals surface area contributed by atoms with Gasteiger partial charge in [-0.15, -0.1) is 0 Å². The van der Waals surface area contributed by atoms with Crippen molar-refractivity contribution in [3.8, 4) is 0 Å². The second-order valence-electron chi connectivity index (χ2n) is 3.12. The number of alkyl halides is 5. The molecule has 0 saturated heterocycles. The van der Waals surface area contributed by atoms with Crippen LogP contribution in [-0.2, 0) is 10.1 Å². The molecule has 0 fully saturated rings. The van der Waals surface area contributed by atoms with Crippen LogP contribution in [-0.4, -0.2) is 50.1 Å². The SMILES string of the molecule is O=S(=O)([O-])CC(F)C(F)C(F)C(F)CCF.[Li+]. The second kappa shape index (κ2) is 8.29. The summed E-state index contributed by atoms with van der Waals surface area (Å²) in [7, 11) is -5.07. The molecule has 0 heterocycles. The molecule has 0 amide bonds. The molecule has 0 aliphatic heterocycles. The minimum Gasteiger partial charge on any atom is -0.748 e. The molecule has 0 rings (SSSR count). The average Bonchev–Trinajstić information content (AvgIpc) is 2.13. The van der Waals surface area contributed by atoms with Crippen LogP contribution in [0.25, 0.3) is 0 Å². The van der Waals surface area contributed by atoms with Gasteiger partial charge in [-0.05, 0) is 0 Å². The minimum atomic E-state index is -5.07. The minimum absolute atomic E-state index is 0. The van der Waals surface area contributed by atoms with Crippen LogP contribution in [0.3, 0.4) is 0 Å². The van der Waals surface area contributed by atoms with Gasteiger partial charge in [0.05, 0.1) is 22.5 Å². The Labute approximate surface area is 108 Å². The summed E-state index contributed by atoms with van der Waals surface area (Å²) in [5, 5.41) is 0. The van der Waals surface area contributed by atoms with Gasteiger partial charge in [0.2, 0.25) is 0 Å². The van der Waals surface area contributed by atoms with Crippen LogP contribution < -0.4 is 18.9 Å². The Morgan fingerprint density at radius 1 is 1.00 bits per heavy atom. The molecule has 0 saturated carbocycles. The van der Waals surface area contributed by atoms with E-state index in [4.69, 9.17) is 0 Å². The number of rotatable bonds is 7. The average molecular weight is 276 g/mol. The summed E-state index contributed by atoms with van der Waals surface area (Å²) in [6, 6.07) is 0. The maximum absolute atomic E-state index is 12.8. The predicted octanol–water partition coefficient (Wildman–Crippen LogP) is -1.75. The molecule has 0 spiro atoms. The van der Waals surface area contributed by atoms with Crippen LogP contribution in [0, 0.1) is 0 Å². The Morgan fingerprint density at radius 3 is 1.76 bits per heavy atom. The van der Waals surface area contributed by atoms with Gasteiger partial charge >= 0.3 is 18.9 Å².